The second kappa shape index (κ2) is 6.88. The van der Waals surface area contributed by atoms with Gasteiger partial charge in [0.25, 0.3) is 0 Å². The fourth-order valence-corrected chi connectivity index (χ4v) is 5.19. The molecular weight excluding hydrogens is 407 g/mol. The number of carbonyl (C=O) groups excluding carboxylic acids is 1. The molecule has 2 aromatic carbocycles. The molecule has 1 aromatic heterocycles. The van der Waals surface area contributed by atoms with Crippen molar-refractivity contribution in [1.82, 2.24) is 9.29 Å². The summed E-state index contributed by atoms with van der Waals surface area (Å²) < 4.78 is 46.3. The van der Waals surface area contributed by atoms with Crippen molar-refractivity contribution >= 4 is 38.5 Å². The third kappa shape index (κ3) is 2.97. The van der Waals surface area contributed by atoms with Crippen molar-refractivity contribution in [3.05, 3.63) is 64.1 Å². The van der Waals surface area contributed by atoms with E-state index < -0.39 is 26.7 Å². The fraction of sp³-hybridized carbons (Fsp3) is 0.211. The third-order valence-electron chi connectivity index (χ3n) is 4.90. The summed E-state index contributed by atoms with van der Waals surface area (Å²) >= 11 is 5.75. The highest BCUT2D eigenvalue weighted by Crippen LogP contribution is 2.32. The van der Waals surface area contributed by atoms with Crippen LogP contribution in [-0.2, 0) is 27.7 Å². The van der Waals surface area contributed by atoms with Crippen LogP contribution < -0.4 is 0 Å². The molecule has 1 aliphatic rings. The predicted octanol–water partition coefficient (Wildman–Crippen LogP) is 3.49. The minimum absolute atomic E-state index is 0.0637. The number of H-pyrrole nitrogens is 1. The minimum Gasteiger partial charge on any atom is -0.465 e. The SMILES string of the molecule is COC(=O)c1ccc2[nH]c3c(c2c1)CN(S(=O)(=O)c1cccc(Cl)c1F)CC3. The number of fused-ring (bicyclic) bond motifs is 3. The Labute approximate surface area is 165 Å². The van der Waals surface area contributed by atoms with E-state index in [1.807, 2.05) is 0 Å². The van der Waals surface area contributed by atoms with Crippen LogP contribution in [0.4, 0.5) is 4.39 Å². The molecule has 0 saturated carbocycles. The Hall–Kier alpha value is -2.42. The largest absolute Gasteiger partial charge is 0.465 e. The zero-order chi connectivity index (χ0) is 20.1. The number of benzene rings is 2. The van der Waals surface area contributed by atoms with E-state index in [0.29, 0.717) is 12.0 Å². The number of esters is 1. The molecule has 0 spiro atoms. The van der Waals surface area contributed by atoms with E-state index in [0.717, 1.165) is 22.2 Å². The van der Waals surface area contributed by atoms with E-state index in [4.69, 9.17) is 16.3 Å². The lowest BCUT2D eigenvalue weighted by molar-refractivity contribution is 0.0601. The van der Waals surface area contributed by atoms with Gasteiger partial charge in [0.1, 0.15) is 4.90 Å². The maximum absolute atomic E-state index is 14.3. The van der Waals surface area contributed by atoms with Gasteiger partial charge in [-0.2, -0.15) is 4.31 Å². The quantitative estimate of drug-likeness (QED) is 0.655. The van der Waals surface area contributed by atoms with Crippen molar-refractivity contribution in [2.45, 2.75) is 17.9 Å². The van der Waals surface area contributed by atoms with E-state index in [1.165, 1.54) is 29.6 Å². The highest BCUT2D eigenvalue weighted by Gasteiger charge is 2.32. The number of methoxy groups -OCH3 is 1. The van der Waals surface area contributed by atoms with E-state index in [9.17, 15) is 17.6 Å². The summed E-state index contributed by atoms with van der Waals surface area (Å²) in [6, 6.07) is 8.99. The van der Waals surface area contributed by atoms with Crippen molar-refractivity contribution in [3.63, 3.8) is 0 Å². The topological polar surface area (TPSA) is 79.5 Å². The molecule has 6 nitrogen and oxygen atoms in total. The monoisotopic (exact) mass is 422 g/mol. The van der Waals surface area contributed by atoms with Gasteiger partial charge in [-0.25, -0.2) is 17.6 Å². The molecule has 0 unspecified atom stereocenters. The van der Waals surface area contributed by atoms with Crippen molar-refractivity contribution in [3.8, 4) is 0 Å². The van der Waals surface area contributed by atoms with Gasteiger partial charge in [0.2, 0.25) is 10.0 Å². The van der Waals surface area contributed by atoms with Crippen molar-refractivity contribution in [1.29, 1.82) is 0 Å². The molecule has 0 saturated heterocycles. The lowest BCUT2D eigenvalue weighted by Crippen LogP contribution is -2.36. The van der Waals surface area contributed by atoms with Gasteiger partial charge in [0.05, 0.1) is 17.7 Å². The van der Waals surface area contributed by atoms with Gasteiger partial charge >= 0.3 is 5.97 Å². The number of nitrogens with one attached hydrogen (secondary N) is 1. The fourth-order valence-electron chi connectivity index (χ4n) is 3.46. The van der Waals surface area contributed by atoms with Gasteiger partial charge in [-0.15, -0.1) is 0 Å². The van der Waals surface area contributed by atoms with Crippen LogP contribution in [-0.4, -0.2) is 37.3 Å². The number of carbonyl (C=O) groups is 1. The number of aromatic amines is 1. The smallest absolute Gasteiger partial charge is 0.337 e. The zero-order valence-electron chi connectivity index (χ0n) is 14.8. The van der Waals surface area contributed by atoms with Crippen molar-refractivity contribution in [2.75, 3.05) is 13.7 Å². The van der Waals surface area contributed by atoms with E-state index in [2.05, 4.69) is 4.98 Å². The van der Waals surface area contributed by atoms with Gasteiger partial charge in [0.15, 0.2) is 5.82 Å². The number of sulfonamides is 1. The molecule has 28 heavy (non-hydrogen) atoms. The molecule has 0 amide bonds. The second-order valence-corrected chi connectivity index (χ2v) is 8.79. The number of hydrogen-bond acceptors (Lipinski definition) is 4. The molecule has 0 radical (unpaired) electrons. The zero-order valence-corrected chi connectivity index (χ0v) is 16.4. The first-order chi connectivity index (χ1) is 13.3. The minimum atomic E-state index is -4.07. The van der Waals surface area contributed by atoms with Crippen molar-refractivity contribution < 1.29 is 22.3 Å². The molecule has 0 atom stereocenters. The maximum atomic E-state index is 14.3. The number of halogens is 2. The lowest BCUT2D eigenvalue weighted by Gasteiger charge is -2.26. The summed E-state index contributed by atoms with van der Waals surface area (Å²) in [6.07, 6.45) is 0.443. The Balaban J connectivity index is 1.76. The Morgan fingerprint density at radius 3 is 2.82 bits per heavy atom. The molecule has 146 valence electrons. The Morgan fingerprint density at radius 1 is 1.29 bits per heavy atom. The molecular formula is C19H16ClFN2O4S. The van der Waals surface area contributed by atoms with Gasteiger partial charge in [-0.1, -0.05) is 17.7 Å². The van der Waals surface area contributed by atoms with Gasteiger partial charge in [-0.3, -0.25) is 0 Å². The van der Waals surface area contributed by atoms with Crippen LogP contribution in [0.1, 0.15) is 21.6 Å². The van der Waals surface area contributed by atoms with Crippen molar-refractivity contribution in [2.24, 2.45) is 0 Å². The molecule has 4 rings (SSSR count). The summed E-state index contributed by atoms with van der Waals surface area (Å²) in [6.45, 7) is 0.270. The summed E-state index contributed by atoms with van der Waals surface area (Å²) in [5.74, 6) is -1.43. The second-order valence-electron chi connectivity index (χ2n) is 6.47. The average molecular weight is 423 g/mol. The molecule has 0 aliphatic carbocycles. The number of aromatic nitrogens is 1. The van der Waals surface area contributed by atoms with E-state index in [1.54, 1.807) is 18.2 Å². The molecule has 2 heterocycles. The van der Waals surface area contributed by atoms with Crippen LogP contribution in [0.2, 0.25) is 5.02 Å². The Morgan fingerprint density at radius 2 is 2.07 bits per heavy atom. The first-order valence-corrected chi connectivity index (χ1v) is 10.3. The summed E-state index contributed by atoms with van der Waals surface area (Å²) in [7, 11) is -2.77. The van der Waals surface area contributed by atoms with Crippen LogP contribution in [0, 0.1) is 5.82 Å². The molecule has 1 N–H and O–H groups in total. The molecule has 1 aliphatic heterocycles. The first-order valence-electron chi connectivity index (χ1n) is 8.49. The van der Waals surface area contributed by atoms with Crippen LogP contribution in [0.15, 0.2) is 41.3 Å². The Kier molecular flexibility index (Phi) is 4.65. The summed E-state index contributed by atoms with van der Waals surface area (Å²) in [5.41, 5.74) is 2.83. The highest BCUT2D eigenvalue weighted by molar-refractivity contribution is 7.89. The summed E-state index contributed by atoms with van der Waals surface area (Å²) in [4.78, 5) is 14.7. The highest BCUT2D eigenvalue weighted by atomic mass is 35.5. The van der Waals surface area contributed by atoms with Crippen LogP contribution >= 0.6 is 11.6 Å². The first kappa shape index (κ1) is 18.9. The maximum Gasteiger partial charge on any atom is 0.337 e. The average Bonchev–Trinajstić information content (AvgIpc) is 3.06. The molecule has 3 aromatic rings. The van der Waals surface area contributed by atoms with E-state index in [-0.39, 0.29) is 18.1 Å². The predicted molar refractivity (Wildman–Crippen MR) is 102 cm³/mol. The van der Waals surface area contributed by atoms with Crippen LogP contribution in [0.3, 0.4) is 0 Å². The van der Waals surface area contributed by atoms with E-state index >= 15 is 0 Å². The number of ether oxygens (including phenoxy) is 1. The number of hydrogen-bond donors (Lipinski definition) is 1. The normalized spacial score (nSPS) is 14.8. The number of nitrogens with zero attached hydrogens (tertiary/aromatic N) is 1. The summed E-state index contributed by atoms with van der Waals surface area (Å²) in [5, 5.41) is 0.498. The Bertz CT molecular complexity index is 1210. The van der Waals surface area contributed by atoms with Gasteiger partial charge in [0, 0.05) is 36.1 Å². The standard InChI is InChI=1S/C19H16ClFN2O4S/c1-27-19(24)11-5-6-15-12(9-11)13-10-23(8-7-16(13)22-15)28(25,26)17-4-2-3-14(20)18(17)21/h2-6,9,22H,7-8,10H2,1H3. The lowest BCUT2D eigenvalue weighted by atomic mass is 10.0. The van der Waals surface area contributed by atoms with Gasteiger partial charge < -0.3 is 9.72 Å². The molecule has 0 fully saturated rings. The van der Waals surface area contributed by atoms with Crippen LogP contribution in [0.25, 0.3) is 10.9 Å². The molecule has 0 bridgehead atoms. The third-order valence-corrected chi connectivity index (χ3v) is 7.05. The molecule has 9 heteroatoms. The number of rotatable bonds is 3. The van der Waals surface area contributed by atoms with Gasteiger partial charge in [-0.05, 0) is 35.9 Å². The van der Waals surface area contributed by atoms with Crippen LogP contribution in [0.5, 0.6) is 0 Å².